The Kier molecular flexibility index (Phi) is 5.96. The van der Waals surface area contributed by atoms with Crippen molar-refractivity contribution in [1.29, 1.82) is 0 Å². The monoisotopic (exact) mass is 458 g/mol. The molecule has 7 heteroatoms. The molecular weight excluding hydrogens is 435 g/mol. The zero-order chi connectivity index (χ0) is 23.7. The lowest BCUT2D eigenvalue weighted by Crippen LogP contribution is -2.09. The summed E-state index contributed by atoms with van der Waals surface area (Å²) in [4.78, 5) is 21.1. The number of nitrogens with one attached hydrogen (secondary N) is 1. The minimum absolute atomic E-state index is 0.0472. The number of halogens is 1. The number of nitrogens with zero attached hydrogens (tertiary/aromatic N) is 1. The first-order chi connectivity index (χ1) is 16.5. The first-order valence-electron chi connectivity index (χ1n) is 11.1. The van der Waals surface area contributed by atoms with Crippen LogP contribution in [0.5, 0.6) is 0 Å². The molecule has 0 aliphatic carbocycles. The molecule has 2 N–H and O–H groups in total. The molecule has 0 bridgehead atoms. The van der Waals surface area contributed by atoms with Crippen LogP contribution in [0.4, 0.5) is 4.39 Å². The summed E-state index contributed by atoms with van der Waals surface area (Å²) in [6, 6.07) is 19.8. The van der Waals surface area contributed by atoms with Crippen LogP contribution in [0.3, 0.4) is 0 Å². The highest BCUT2D eigenvalue weighted by Gasteiger charge is 2.28. The van der Waals surface area contributed by atoms with Crippen LogP contribution >= 0.6 is 0 Å². The summed E-state index contributed by atoms with van der Waals surface area (Å²) >= 11 is 0. The zero-order valence-electron chi connectivity index (χ0n) is 18.5. The molecule has 1 saturated heterocycles. The molecule has 2 unspecified atom stereocenters. The average Bonchev–Trinajstić information content (AvgIpc) is 3.51. The SMILES string of the molecule is CCC1OCC(c2cccc(C(O)=C(C(=O)c3cccc(F)c3)c3nc4ccccc4[nH]3)c2)O1. The molecule has 2 atom stereocenters. The lowest BCUT2D eigenvalue weighted by atomic mass is 9.97. The third kappa shape index (κ3) is 4.23. The quantitative estimate of drug-likeness (QED) is 0.216. The predicted octanol–water partition coefficient (Wildman–Crippen LogP) is 5.84. The smallest absolute Gasteiger partial charge is 0.200 e. The van der Waals surface area contributed by atoms with Crippen molar-refractivity contribution in [3.05, 3.63) is 101 Å². The van der Waals surface area contributed by atoms with Gasteiger partial charge in [-0.15, -0.1) is 0 Å². The van der Waals surface area contributed by atoms with Crippen molar-refractivity contribution in [1.82, 2.24) is 9.97 Å². The number of rotatable bonds is 6. The Labute approximate surface area is 195 Å². The van der Waals surface area contributed by atoms with Gasteiger partial charge < -0.3 is 19.6 Å². The molecule has 1 aliphatic heterocycles. The second kappa shape index (κ2) is 9.21. The second-order valence-electron chi connectivity index (χ2n) is 8.09. The number of carbonyl (C=O) groups excluding carboxylic acids is 1. The number of para-hydroxylation sites is 2. The Morgan fingerprint density at radius 3 is 2.65 bits per heavy atom. The number of ketones is 1. The number of hydrogen-bond donors (Lipinski definition) is 2. The average molecular weight is 458 g/mol. The van der Waals surface area contributed by atoms with E-state index < -0.39 is 11.6 Å². The molecule has 4 aromatic rings. The number of fused-ring (bicyclic) bond motifs is 1. The minimum Gasteiger partial charge on any atom is -0.506 e. The molecule has 3 aromatic carbocycles. The van der Waals surface area contributed by atoms with Gasteiger partial charge in [0, 0.05) is 11.1 Å². The fourth-order valence-corrected chi connectivity index (χ4v) is 4.05. The van der Waals surface area contributed by atoms with E-state index in [4.69, 9.17) is 9.47 Å². The Bertz CT molecular complexity index is 1360. The molecule has 34 heavy (non-hydrogen) atoms. The summed E-state index contributed by atoms with van der Waals surface area (Å²) in [7, 11) is 0. The summed E-state index contributed by atoms with van der Waals surface area (Å²) < 4.78 is 25.4. The van der Waals surface area contributed by atoms with Gasteiger partial charge in [0.05, 0.1) is 17.6 Å². The molecule has 0 saturated carbocycles. The van der Waals surface area contributed by atoms with Crippen molar-refractivity contribution in [3.8, 4) is 0 Å². The molecule has 0 spiro atoms. The maximum Gasteiger partial charge on any atom is 0.200 e. The van der Waals surface area contributed by atoms with Crippen molar-refractivity contribution in [2.24, 2.45) is 0 Å². The van der Waals surface area contributed by atoms with E-state index in [0.717, 1.165) is 18.1 Å². The van der Waals surface area contributed by atoms with Crippen LogP contribution < -0.4 is 0 Å². The summed E-state index contributed by atoms with van der Waals surface area (Å²) in [5.41, 5.74) is 2.66. The molecule has 172 valence electrons. The molecule has 5 rings (SSSR count). The number of Topliss-reactive ketones (excluding diaryl/α,β-unsaturated/α-hetero) is 1. The third-order valence-electron chi connectivity index (χ3n) is 5.79. The van der Waals surface area contributed by atoms with E-state index >= 15 is 0 Å². The Balaban J connectivity index is 1.62. The molecule has 2 heterocycles. The van der Waals surface area contributed by atoms with E-state index in [2.05, 4.69) is 9.97 Å². The van der Waals surface area contributed by atoms with Gasteiger partial charge in [0.25, 0.3) is 0 Å². The van der Waals surface area contributed by atoms with Crippen LogP contribution in [-0.4, -0.2) is 33.8 Å². The van der Waals surface area contributed by atoms with Gasteiger partial charge in [0.2, 0.25) is 5.78 Å². The summed E-state index contributed by atoms with van der Waals surface area (Å²) in [5.74, 6) is -1.15. The number of aromatic nitrogens is 2. The lowest BCUT2D eigenvalue weighted by molar-refractivity contribution is -0.0592. The summed E-state index contributed by atoms with van der Waals surface area (Å²) in [6.07, 6.45) is 0.199. The second-order valence-corrected chi connectivity index (χ2v) is 8.09. The fraction of sp³-hybridized carbons (Fsp3) is 0.185. The largest absolute Gasteiger partial charge is 0.506 e. The molecule has 0 amide bonds. The highest BCUT2D eigenvalue weighted by atomic mass is 19.1. The number of allylic oxidation sites excluding steroid dienone is 1. The fourth-order valence-electron chi connectivity index (χ4n) is 4.05. The topological polar surface area (TPSA) is 84.4 Å². The van der Waals surface area contributed by atoms with Gasteiger partial charge in [-0.1, -0.05) is 49.4 Å². The van der Waals surface area contributed by atoms with Crippen molar-refractivity contribution < 1.29 is 23.8 Å². The number of aromatic amines is 1. The van der Waals surface area contributed by atoms with Crippen LogP contribution in [-0.2, 0) is 9.47 Å². The van der Waals surface area contributed by atoms with Crippen LogP contribution in [0.25, 0.3) is 22.4 Å². The molecule has 6 nitrogen and oxygen atoms in total. The first kappa shape index (κ1) is 22.0. The molecule has 1 aromatic heterocycles. The maximum absolute atomic E-state index is 13.9. The number of hydrogen-bond acceptors (Lipinski definition) is 5. The number of H-pyrrole nitrogens is 1. The Hall–Kier alpha value is -3.81. The van der Waals surface area contributed by atoms with Crippen LogP contribution in [0.1, 0.15) is 46.8 Å². The minimum atomic E-state index is -0.548. The molecular formula is C27H23FN2O4. The predicted molar refractivity (Wildman–Crippen MR) is 127 cm³/mol. The van der Waals surface area contributed by atoms with E-state index in [0.29, 0.717) is 23.2 Å². The van der Waals surface area contributed by atoms with Gasteiger partial charge in [-0.25, -0.2) is 9.37 Å². The zero-order valence-corrected chi connectivity index (χ0v) is 18.5. The van der Waals surface area contributed by atoms with Gasteiger partial charge in [0.1, 0.15) is 29.1 Å². The van der Waals surface area contributed by atoms with Crippen LogP contribution in [0.2, 0.25) is 0 Å². The summed E-state index contributed by atoms with van der Waals surface area (Å²) in [6.45, 7) is 2.39. The van der Waals surface area contributed by atoms with Gasteiger partial charge in [-0.05, 0) is 42.3 Å². The van der Waals surface area contributed by atoms with Crippen LogP contribution in [0.15, 0.2) is 72.8 Å². The summed E-state index contributed by atoms with van der Waals surface area (Å²) in [5, 5.41) is 11.4. The van der Waals surface area contributed by atoms with E-state index in [1.807, 2.05) is 31.2 Å². The lowest BCUT2D eigenvalue weighted by Gasteiger charge is -2.13. The van der Waals surface area contributed by atoms with Crippen molar-refractivity contribution >= 4 is 28.1 Å². The van der Waals surface area contributed by atoms with E-state index in [9.17, 15) is 14.3 Å². The van der Waals surface area contributed by atoms with E-state index in [1.165, 1.54) is 18.2 Å². The van der Waals surface area contributed by atoms with Crippen LogP contribution in [0, 0.1) is 5.82 Å². The number of carbonyl (C=O) groups is 1. The van der Waals surface area contributed by atoms with E-state index in [1.54, 1.807) is 24.3 Å². The standard InChI is InChI=1S/C27H23FN2O4/c1-2-23-33-15-22(34-23)16-7-5-8-17(13-16)25(31)24(26(32)18-9-6-10-19(28)14-18)27-29-20-11-3-4-12-21(20)30-27/h3-14,22-23,31H,2,15H2,1H3,(H,29,30). The molecule has 1 fully saturated rings. The van der Waals surface area contributed by atoms with E-state index in [-0.39, 0.29) is 35.1 Å². The highest BCUT2D eigenvalue weighted by molar-refractivity contribution is 6.33. The van der Waals surface area contributed by atoms with Gasteiger partial charge in [-0.3, -0.25) is 4.79 Å². The third-order valence-corrected chi connectivity index (χ3v) is 5.79. The maximum atomic E-state index is 13.9. The Morgan fingerprint density at radius 2 is 1.88 bits per heavy atom. The number of benzene rings is 3. The first-order valence-corrected chi connectivity index (χ1v) is 11.1. The van der Waals surface area contributed by atoms with Crippen molar-refractivity contribution in [2.45, 2.75) is 25.7 Å². The van der Waals surface area contributed by atoms with Gasteiger partial charge in [-0.2, -0.15) is 0 Å². The number of imidazole rings is 1. The molecule has 1 aliphatic rings. The van der Waals surface area contributed by atoms with Crippen molar-refractivity contribution in [3.63, 3.8) is 0 Å². The number of ether oxygens (including phenoxy) is 2. The highest BCUT2D eigenvalue weighted by Crippen LogP contribution is 2.32. The molecule has 0 radical (unpaired) electrons. The van der Waals surface area contributed by atoms with Crippen molar-refractivity contribution in [2.75, 3.05) is 6.61 Å². The normalized spacial score (nSPS) is 18.8. The number of aliphatic hydroxyl groups excluding tert-OH is 1. The number of aliphatic hydroxyl groups is 1. The van der Waals surface area contributed by atoms with Gasteiger partial charge >= 0.3 is 0 Å². The Morgan fingerprint density at radius 1 is 1.09 bits per heavy atom. The van der Waals surface area contributed by atoms with Gasteiger partial charge in [0.15, 0.2) is 6.29 Å².